The quantitative estimate of drug-likeness (QED) is 0.239. The number of sulfonamides is 1. The molecule has 0 aliphatic rings. The van der Waals surface area contributed by atoms with Crippen molar-refractivity contribution in [2.24, 2.45) is 0 Å². The van der Waals surface area contributed by atoms with E-state index in [2.05, 4.69) is 25.0 Å². The first-order chi connectivity index (χ1) is 14.4. The van der Waals surface area contributed by atoms with Crippen LogP contribution in [0.4, 0.5) is 11.4 Å². The van der Waals surface area contributed by atoms with E-state index in [1.165, 1.54) is 50.8 Å². The van der Waals surface area contributed by atoms with Gasteiger partial charge in [0.1, 0.15) is 0 Å². The van der Waals surface area contributed by atoms with Gasteiger partial charge in [-0.25, -0.2) is 18.0 Å². The predicted molar refractivity (Wildman–Crippen MR) is 112 cm³/mol. The summed E-state index contributed by atoms with van der Waals surface area (Å²) in [4.78, 5) is 25.3. The third kappa shape index (κ3) is 6.76. The number of para-hydroxylation sites is 1. The van der Waals surface area contributed by atoms with Crippen molar-refractivity contribution in [1.82, 2.24) is 4.83 Å². The average Bonchev–Trinajstić information content (AvgIpc) is 2.78. The molecular formula is C20H21N3O6S. The average molecular weight is 431 g/mol. The summed E-state index contributed by atoms with van der Waals surface area (Å²) in [6, 6.07) is 14.6. The van der Waals surface area contributed by atoms with Gasteiger partial charge in [0.25, 0.3) is 10.0 Å². The van der Waals surface area contributed by atoms with E-state index >= 15 is 0 Å². The van der Waals surface area contributed by atoms with E-state index in [0.717, 1.165) is 6.08 Å². The summed E-state index contributed by atoms with van der Waals surface area (Å²) in [5.74, 6) is -1.30. The molecule has 0 saturated carbocycles. The van der Waals surface area contributed by atoms with Crippen LogP contribution >= 0.6 is 0 Å². The standard InChI is InChI=1S/C20H21N3O6S/c1-28-19(24)13-8-15(20(25)29-2)14-21-16-9-11-18(12-10-16)30(26,27)23-22-17-6-4-3-5-7-17/h3-14,21-23H,1-2H3/b13-8+,15-14-. The largest absolute Gasteiger partial charge is 0.466 e. The number of carbonyl (C=O) groups excluding carboxylic acids is 2. The summed E-state index contributed by atoms with van der Waals surface area (Å²) < 4.78 is 33.9. The van der Waals surface area contributed by atoms with E-state index in [1.807, 2.05) is 6.07 Å². The van der Waals surface area contributed by atoms with Crippen molar-refractivity contribution in [2.75, 3.05) is 25.0 Å². The second kappa shape index (κ2) is 10.8. The van der Waals surface area contributed by atoms with Crippen LogP contribution in [0, 0.1) is 0 Å². The number of hydrazine groups is 1. The number of rotatable bonds is 9. The molecule has 0 bridgehead atoms. The second-order valence-corrected chi connectivity index (χ2v) is 7.40. The van der Waals surface area contributed by atoms with E-state index in [1.54, 1.807) is 24.3 Å². The molecule has 0 aliphatic heterocycles. The van der Waals surface area contributed by atoms with Crippen LogP contribution in [0.3, 0.4) is 0 Å². The Morgan fingerprint density at radius 3 is 2.13 bits per heavy atom. The number of carbonyl (C=O) groups is 2. The van der Waals surface area contributed by atoms with Gasteiger partial charge in [0.2, 0.25) is 0 Å². The molecule has 0 spiro atoms. The fourth-order valence-corrected chi connectivity index (χ4v) is 2.98. The van der Waals surface area contributed by atoms with Crippen LogP contribution in [-0.4, -0.2) is 34.6 Å². The zero-order chi connectivity index (χ0) is 22.0. The Kier molecular flexibility index (Phi) is 8.15. The molecule has 0 unspecified atom stereocenters. The SMILES string of the molecule is COC(=O)/C=C/C(=C/Nc1ccc(S(=O)(=O)NNc2ccccc2)cc1)C(=O)OC. The summed E-state index contributed by atoms with van der Waals surface area (Å²) >= 11 is 0. The summed E-state index contributed by atoms with van der Waals surface area (Å²) in [7, 11) is -1.36. The summed E-state index contributed by atoms with van der Waals surface area (Å²) in [6.45, 7) is 0. The molecule has 2 rings (SSSR count). The molecule has 0 atom stereocenters. The molecule has 3 N–H and O–H groups in total. The second-order valence-electron chi connectivity index (χ2n) is 5.71. The molecule has 0 aliphatic carbocycles. The number of ether oxygens (including phenoxy) is 2. The lowest BCUT2D eigenvalue weighted by Crippen LogP contribution is -2.29. The summed E-state index contributed by atoms with van der Waals surface area (Å²) in [5, 5.41) is 2.84. The maximum Gasteiger partial charge on any atom is 0.339 e. The van der Waals surface area contributed by atoms with Crippen LogP contribution in [-0.2, 0) is 29.1 Å². The first-order valence-electron chi connectivity index (χ1n) is 8.59. The monoisotopic (exact) mass is 431 g/mol. The van der Waals surface area contributed by atoms with Gasteiger partial charge in [-0.3, -0.25) is 0 Å². The lowest BCUT2D eigenvalue weighted by atomic mass is 10.2. The van der Waals surface area contributed by atoms with Crippen LogP contribution < -0.4 is 15.6 Å². The molecule has 158 valence electrons. The van der Waals surface area contributed by atoms with Gasteiger partial charge in [0.05, 0.1) is 24.7 Å². The number of anilines is 2. The molecule has 0 radical (unpaired) electrons. The van der Waals surface area contributed by atoms with Crippen molar-refractivity contribution in [3.05, 3.63) is 78.5 Å². The van der Waals surface area contributed by atoms with Gasteiger partial charge in [-0.1, -0.05) is 18.2 Å². The van der Waals surface area contributed by atoms with Gasteiger partial charge in [-0.2, -0.15) is 0 Å². The van der Waals surface area contributed by atoms with Crippen molar-refractivity contribution >= 4 is 33.3 Å². The van der Waals surface area contributed by atoms with Crippen LogP contribution in [0.2, 0.25) is 0 Å². The zero-order valence-corrected chi connectivity index (χ0v) is 17.1. The maximum absolute atomic E-state index is 12.4. The molecule has 0 saturated heterocycles. The van der Waals surface area contributed by atoms with E-state index < -0.39 is 22.0 Å². The third-order valence-electron chi connectivity index (χ3n) is 3.68. The fourth-order valence-electron chi connectivity index (χ4n) is 2.12. The highest BCUT2D eigenvalue weighted by Crippen LogP contribution is 2.15. The van der Waals surface area contributed by atoms with E-state index in [4.69, 9.17) is 0 Å². The number of esters is 2. The normalized spacial score (nSPS) is 11.7. The van der Waals surface area contributed by atoms with Gasteiger partial charge in [-0.15, -0.1) is 4.83 Å². The maximum atomic E-state index is 12.4. The molecule has 2 aromatic rings. The van der Waals surface area contributed by atoms with Gasteiger partial charge < -0.3 is 20.2 Å². The first-order valence-corrected chi connectivity index (χ1v) is 10.1. The van der Waals surface area contributed by atoms with Crippen molar-refractivity contribution in [1.29, 1.82) is 0 Å². The Balaban J connectivity index is 2.08. The Hall–Kier alpha value is -3.63. The minimum absolute atomic E-state index is 0.0410. The van der Waals surface area contributed by atoms with Crippen LogP contribution in [0.1, 0.15) is 0 Å². The Bertz CT molecular complexity index is 1030. The van der Waals surface area contributed by atoms with E-state index in [0.29, 0.717) is 11.4 Å². The third-order valence-corrected chi connectivity index (χ3v) is 4.95. The number of benzene rings is 2. The van der Waals surface area contributed by atoms with Crippen molar-refractivity contribution in [3.8, 4) is 0 Å². The summed E-state index contributed by atoms with van der Waals surface area (Å²) in [6.07, 6.45) is 3.64. The number of hydrogen-bond donors (Lipinski definition) is 3. The Morgan fingerprint density at radius 2 is 1.53 bits per heavy atom. The van der Waals surface area contributed by atoms with E-state index in [9.17, 15) is 18.0 Å². The number of nitrogens with one attached hydrogen (secondary N) is 3. The molecule has 2 aromatic carbocycles. The van der Waals surface area contributed by atoms with Gasteiger partial charge >= 0.3 is 11.9 Å². The Morgan fingerprint density at radius 1 is 0.867 bits per heavy atom. The fraction of sp³-hybridized carbons (Fsp3) is 0.100. The van der Waals surface area contributed by atoms with E-state index in [-0.39, 0.29) is 10.5 Å². The lowest BCUT2D eigenvalue weighted by Gasteiger charge is -2.10. The minimum atomic E-state index is -3.79. The molecule has 9 nitrogen and oxygen atoms in total. The molecular weight excluding hydrogens is 410 g/mol. The van der Waals surface area contributed by atoms with Crippen molar-refractivity contribution in [3.63, 3.8) is 0 Å². The Labute approximate surface area is 174 Å². The smallest absolute Gasteiger partial charge is 0.339 e. The topological polar surface area (TPSA) is 123 Å². The highest BCUT2D eigenvalue weighted by molar-refractivity contribution is 7.89. The van der Waals surface area contributed by atoms with Gasteiger partial charge in [0.15, 0.2) is 0 Å². The molecule has 10 heteroatoms. The number of hydrogen-bond acceptors (Lipinski definition) is 8. The number of methoxy groups -OCH3 is 2. The molecule has 0 amide bonds. The highest BCUT2D eigenvalue weighted by Gasteiger charge is 2.13. The predicted octanol–water partition coefficient (Wildman–Crippen LogP) is 2.19. The molecule has 0 fully saturated rings. The van der Waals surface area contributed by atoms with Crippen LogP contribution in [0.5, 0.6) is 0 Å². The van der Waals surface area contributed by atoms with Gasteiger partial charge in [-0.05, 0) is 42.5 Å². The van der Waals surface area contributed by atoms with Crippen molar-refractivity contribution in [2.45, 2.75) is 4.90 Å². The highest BCUT2D eigenvalue weighted by atomic mass is 32.2. The summed E-state index contributed by atoms with van der Waals surface area (Å²) in [5.41, 5.74) is 3.80. The van der Waals surface area contributed by atoms with Crippen LogP contribution in [0.25, 0.3) is 0 Å². The van der Waals surface area contributed by atoms with Crippen LogP contribution in [0.15, 0.2) is 83.4 Å². The van der Waals surface area contributed by atoms with Gasteiger partial charge in [0, 0.05) is 23.7 Å². The molecule has 0 heterocycles. The molecule has 30 heavy (non-hydrogen) atoms. The van der Waals surface area contributed by atoms with Crippen molar-refractivity contribution < 1.29 is 27.5 Å². The molecule has 0 aromatic heterocycles. The first kappa shape index (κ1) is 22.7. The zero-order valence-electron chi connectivity index (χ0n) is 16.3. The minimum Gasteiger partial charge on any atom is -0.466 e. The lowest BCUT2D eigenvalue weighted by molar-refractivity contribution is -0.135.